The molecule has 0 aliphatic carbocycles. The smallest absolute Gasteiger partial charge is 0.353 e. The third-order valence-electron chi connectivity index (χ3n) is 5.42. The molecule has 29 heavy (non-hydrogen) atoms. The lowest BCUT2D eigenvalue weighted by Gasteiger charge is -2.56. The number of hydrogen-bond acceptors (Lipinski definition) is 5. The van der Waals surface area contributed by atoms with Crippen LogP contribution in [0.2, 0.25) is 0 Å². The molecule has 3 aliphatic rings. The van der Waals surface area contributed by atoms with Crippen molar-refractivity contribution in [2.45, 2.75) is 38.5 Å². The van der Waals surface area contributed by atoms with Crippen molar-refractivity contribution in [2.24, 2.45) is 0 Å². The quantitative estimate of drug-likeness (QED) is 0.848. The van der Waals surface area contributed by atoms with Crippen molar-refractivity contribution >= 4 is 17.4 Å². The van der Waals surface area contributed by atoms with Crippen LogP contribution < -0.4 is 10.2 Å². The lowest BCUT2D eigenvalue weighted by Crippen LogP contribution is -2.69. The summed E-state index contributed by atoms with van der Waals surface area (Å²) in [6, 6.07) is 7.12. The Balaban J connectivity index is 1.36. The number of aryl methyl sites for hydroxylation is 2. The van der Waals surface area contributed by atoms with Crippen molar-refractivity contribution in [1.82, 2.24) is 14.9 Å². The fourth-order valence-electron chi connectivity index (χ4n) is 4.13. The predicted octanol–water partition coefficient (Wildman–Crippen LogP) is 3.01. The number of alkyl halides is 3. The molecule has 5 rings (SSSR count). The lowest BCUT2D eigenvalue weighted by atomic mass is 9.87. The van der Waals surface area contributed by atoms with Crippen molar-refractivity contribution < 1.29 is 18.0 Å². The Hall–Kier alpha value is -2.68. The zero-order valence-corrected chi connectivity index (χ0v) is 16.2. The normalized spacial score (nSPS) is 21.6. The molecular weight excluding hydrogens is 383 g/mol. The van der Waals surface area contributed by atoms with Gasteiger partial charge in [-0.3, -0.25) is 9.69 Å². The Labute approximate surface area is 166 Å². The van der Waals surface area contributed by atoms with Crippen molar-refractivity contribution in [3.05, 3.63) is 47.4 Å². The van der Waals surface area contributed by atoms with Crippen LogP contribution in [0.4, 0.5) is 24.7 Å². The number of carbonyl (C=O) groups is 1. The van der Waals surface area contributed by atoms with Gasteiger partial charge in [-0.25, -0.2) is 9.97 Å². The van der Waals surface area contributed by atoms with Crippen LogP contribution in [-0.2, 0) is 11.0 Å². The van der Waals surface area contributed by atoms with Gasteiger partial charge in [0, 0.05) is 42.6 Å². The highest BCUT2D eigenvalue weighted by molar-refractivity contribution is 5.92. The van der Waals surface area contributed by atoms with E-state index in [1.807, 2.05) is 19.9 Å². The molecule has 6 nitrogen and oxygen atoms in total. The first-order valence-electron chi connectivity index (χ1n) is 9.49. The van der Waals surface area contributed by atoms with Gasteiger partial charge in [-0.1, -0.05) is 6.07 Å². The molecule has 0 spiro atoms. The minimum Gasteiger partial charge on any atom is -0.353 e. The summed E-state index contributed by atoms with van der Waals surface area (Å²) in [6.45, 7) is 5.51. The second-order valence-electron chi connectivity index (χ2n) is 7.66. The number of fused-ring (bicyclic) bond motifs is 2. The standard InChI is InChI=1S/C20H22F3N5O/c1-12-6-18(25-13(2)24-12)27-9-16-8-17(10-27)28(16)11-19(29)26-15-5-3-4-14(7-15)20(21,22)23/h3-7,16-17H,8-11H2,1-2H3,(H,26,29). The molecule has 1 aromatic heterocycles. The van der Waals surface area contributed by atoms with Gasteiger partial charge in [0.15, 0.2) is 0 Å². The molecule has 4 heterocycles. The second-order valence-corrected chi connectivity index (χ2v) is 7.66. The van der Waals surface area contributed by atoms with E-state index >= 15 is 0 Å². The molecule has 9 heteroatoms. The van der Waals surface area contributed by atoms with Gasteiger partial charge in [0.2, 0.25) is 5.91 Å². The van der Waals surface area contributed by atoms with Crippen LogP contribution in [0.1, 0.15) is 23.5 Å². The second kappa shape index (κ2) is 7.29. The molecule has 2 bridgehead atoms. The number of hydrogen-bond donors (Lipinski definition) is 1. The number of piperidine rings is 1. The largest absolute Gasteiger partial charge is 0.416 e. The summed E-state index contributed by atoms with van der Waals surface area (Å²) in [5.41, 5.74) is 0.301. The number of anilines is 2. The molecule has 1 N–H and O–H groups in total. The summed E-state index contributed by atoms with van der Waals surface area (Å²) in [5.74, 6) is 1.33. The number of nitrogens with one attached hydrogen (secondary N) is 1. The third-order valence-corrected chi connectivity index (χ3v) is 5.42. The van der Waals surface area contributed by atoms with Gasteiger partial charge in [-0.15, -0.1) is 0 Å². The summed E-state index contributed by atoms with van der Waals surface area (Å²) in [4.78, 5) is 25.5. The number of aromatic nitrogens is 2. The molecule has 154 valence electrons. The predicted molar refractivity (Wildman–Crippen MR) is 103 cm³/mol. The van der Waals surface area contributed by atoms with E-state index in [2.05, 4.69) is 25.1 Å². The number of rotatable bonds is 4. The minimum absolute atomic E-state index is 0.157. The monoisotopic (exact) mass is 405 g/mol. The van der Waals surface area contributed by atoms with Gasteiger partial charge in [0.05, 0.1) is 12.1 Å². The Bertz CT molecular complexity index is 900. The Kier molecular flexibility index (Phi) is 4.94. The van der Waals surface area contributed by atoms with Gasteiger partial charge in [0.25, 0.3) is 0 Å². The summed E-state index contributed by atoms with van der Waals surface area (Å²) >= 11 is 0. The first kappa shape index (κ1) is 19.6. The Morgan fingerprint density at radius 1 is 1.17 bits per heavy atom. The van der Waals surface area contributed by atoms with Crippen LogP contribution >= 0.6 is 0 Å². The van der Waals surface area contributed by atoms with Crippen LogP contribution in [0.5, 0.6) is 0 Å². The van der Waals surface area contributed by atoms with E-state index in [0.717, 1.165) is 49.0 Å². The zero-order chi connectivity index (χ0) is 20.8. The molecule has 3 aliphatic heterocycles. The number of carbonyl (C=O) groups excluding carboxylic acids is 1. The van der Waals surface area contributed by atoms with Crippen molar-refractivity contribution in [3.8, 4) is 0 Å². The molecule has 2 atom stereocenters. The molecule has 2 aromatic rings. The van der Waals surface area contributed by atoms with E-state index in [4.69, 9.17) is 0 Å². The minimum atomic E-state index is -4.43. The van der Waals surface area contributed by atoms with E-state index in [0.29, 0.717) is 0 Å². The van der Waals surface area contributed by atoms with Crippen molar-refractivity contribution in [1.29, 1.82) is 0 Å². The van der Waals surface area contributed by atoms with E-state index < -0.39 is 11.7 Å². The summed E-state index contributed by atoms with van der Waals surface area (Å²) in [6.07, 6.45) is -3.42. The van der Waals surface area contributed by atoms with Crippen LogP contribution in [0.15, 0.2) is 30.3 Å². The highest BCUT2D eigenvalue weighted by Gasteiger charge is 2.45. The molecule has 2 unspecified atom stereocenters. The summed E-state index contributed by atoms with van der Waals surface area (Å²) in [5, 5.41) is 2.59. The Morgan fingerprint density at radius 3 is 2.55 bits per heavy atom. The lowest BCUT2D eigenvalue weighted by molar-refractivity contribution is -0.137. The number of amides is 1. The highest BCUT2D eigenvalue weighted by atomic mass is 19.4. The molecule has 3 fully saturated rings. The molecule has 1 aromatic carbocycles. The topological polar surface area (TPSA) is 61.4 Å². The molecule has 0 radical (unpaired) electrons. The maximum Gasteiger partial charge on any atom is 0.416 e. The van der Waals surface area contributed by atoms with Crippen LogP contribution in [-0.4, -0.2) is 52.5 Å². The van der Waals surface area contributed by atoms with Gasteiger partial charge in [-0.05, 0) is 38.5 Å². The highest BCUT2D eigenvalue weighted by Crippen LogP contribution is 2.34. The molecular formula is C20H22F3N5O. The molecule has 1 amide bonds. The number of halogens is 3. The Morgan fingerprint density at radius 2 is 1.90 bits per heavy atom. The fourth-order valence-corrected chi connectivity index (χ4v) is 4.13. The number of benzene rings is 1. The summed E-state index contributed by atoms with van der Waals surface area (Å²) < 4.78 is 38.5. The first-order chi connectivity index (χ1) is 13.7. The average Bonchev–Trinajstić information content (AvgIpc) is 2.65. The van der Waals surface area contributed by atoms with Crippen molar-refractivity contribution in [3.63, 3.8) is 0 Å². The van der Waals surface area contributed by atoms with E-state index in [9.17, 15) is 18.0 Å². The van der Waals surface area contributed by atoms with Gasteiger partial charge in [-0.2, -0.15) is 13.2 Å². The third kappa shape index (κ3) is 4.19. The number of piperazine rings is 1. The molecule has 0 saturated carbocycles. The number of nitrogens with zero attached hydrogens (tertiary/aromatic N) is 4. The van der Waals surface area contributed by atoms with E-state index in [-0.39, 0.29) is 30.2 Å². The van der Waals surface area contributed by atoms with E-state index in [1.54, 1.807) is 0 Å². The van der Waals surface area contributed by atoms with Gasteiger partial charge >= 0.3 is 6.18 Å². The SMILES string of the molecule is Cc1cc(N2CC3CC(C2)N3CC(=O)Nc2cccc(C(F)(F)F)c2)nc(C)n1. The van der Waals surface area contributed by atoms with E-state index in [1.165, 1.54) is 12.1 Å². The molecule has 3 saturated heterocycles. The summed E-state index contributed by atoms with van der Waals surface area (Å²) in [7, 11) is 0. The first-order valence-corrected chi connectivity index (χ1v) is 9.49. The maximum atomic E-state index is 12.8. The zero-order valence-electron chi connectivity index (χ0n) is 16.2. The van der Waals surface area contributed by atoms with Crippen molar-refractivity contribution in [2.75, 3.05) is 29.9 Å². The maximum absolute atomic E-state index is 12.8. The van der Waals surface area contributed by atoms with Crippen LogP contribution in [0, 0.1) is 13.8 Å². The average molecular weight is 405 g/mol. The van der Waals surface area contributed by atoms with Crippen LogP contribution in [0.3, 0.4) is 0 Å². The van der Waals surface area contributed by atoms with Gasteiger partial charge in [0.1, 0.15) is 11.6 Å². The fraction of sp³-hybridized carbons (Fsp3) is 0.450. The van der Waals surface area contributed by atoms with Gasteiger partial charge < -0.3 is 10.2 Å². The van der Waals surface area contributed by atoms with Crippen LogP contribution in [0.25, 0.3) is 0 Å².